The molecule has 0 N–H and O–H groups in total. The van der Waals surface area contributed by atoms with E-state index in [0.717, 1.165) is 17.3 Å². The molecule has 0 spiro atoms. The summed E-state index contributed by atoms with van der Waals surface area (Å²) in [6.07, 6.45) is 1.95. The molecular weight excluding hydrogens is 308 g/mol. The van der Waals surface area contributed by atoms with E-state index in [1.807, 2.05) is 24.3 Å². The van der Waals surface area contributed by atoms with E-state index in [9.17, 15) is 9.59 Å². The quantitative estimate of drug-likeness (QED) is 0.593. The number of halogens is 1. The lowest BCUT2D eigenvalue weighted by molar-refractivity contribution is -0.155. The van der Waals surface area contributed by atoms with Crippen molar-refractivity contribution in [1.29, 1.82) is 0 Å². The van der Waals surface area contributed by atoms with Gasteiger partial charge in [0.2, 0.25) is 0 Å². The predicted molar refractivity (Wildman–Crippen MR) is 77.9 cm³/mol. The standard InChI is InChI=1S/C15H19BrO3/c1-15(2,14(18)19-3)13(17)6-4-5-11-7-9-12(16)10-8-11/h7-10H,4-6H2,1-3H3. The summed E-state index contributed by atoms with van der Waals surface area (Å²) in [7, 11) is 1.30. The van der Waals surface area contributed by atoms with Gasteiger partial charge in [-0.3, -0.25) is 9.59 Å². The summed E-state index contributed by atoms with van der Waals surface area (Å²) in [5.41, 5.74) is 0.140. The lowest BCUT2D eigenvalue weighted by Crippen LogP contribution is -2.34. The molecule has 0 saturated heterocycles. The molecule has 0 bridgehead atoms. The van der Waals surface area contributed by atoms with E-state index < -0.39 is 11.4 Å². The third-order valence-corrected chi connectivity index (χ3v) is 3.70. The molecule has 0 amide bonds. The average molecular weight is 327 g/mol. The summed E-state index contributed by atoms with van der Waals surface area (Å²) < 4.78 is 5.69. The van der Waals surface area contributed by atoms with E-state index in [0.29, 0.717) is 6.42 Å². The Kier molecular flexibility index (Phi) is 5.73. The van der Waals surface area contributed by atoms with Gasteiger partial charge >= 0.3 is 5.97 Å². The van der Waals surface area contributed by atoms with E-state index in [2.05, 4.69) is 20.7 Å². The maximum atomic E-state index is 12.0. The maximum Gasteiger partial charge on any atom is 0.318 e. The fourth-order valence-electron chi connectivity index (χ4n) is 1.79. The second-order valence-corrected chi connectivity index (χ2v) is 5.94. The van der Waals surface area contributed by atoms with Crippen LogP contribution in [0.3, 0.4) is 0 Å². The highest BCUT2D eigenvalue weighted by Crippen LogP contribution is 2.22. The Balaban J connectivity index is 2.47. The van der Waals surface area contributed by atoms with Crippen molar-refractivity contribution < 1.29 is 14.3 Å². The van der Waals surface area contributed by atoms with Crippen LogP contribution in [0.15, 0.2) is 28.7 Å². The minimum atomic E-state index is -1.05. The monoisotopic (exact) mass is 326 g/mol. The highest BCUT2D eigenvalue weighted by atomic mass is 79.9. The van der Waals surface area contributed by atoms with E-state index in [-0.39, 0.29) is 5.78 Å². The molecule has 0 aliphatic heterocycles. The van der Waals surface area contributed by atoms with Crippen molar-refractivity contribution in [3.05, 3.63) is 34.3 Å². The van der Waals surface area contributed by atoms with Gasteiger partial charge in [-0.1, -0.05) is 28.1 Å². The normalized spacial score (nSPS) is 11.2. The second-order valence-electron chi connectivity index (χ2n) is 5.02. The largest absolute Gasteiger partial charge is 0.468 e. The molecule has 3 nitrogen and oxygen atoms in total. The van der Waals surface area contributed by atoms with Gasteiger partial charge in [-0.2, -0.15) is 0 Å². The number of hydrogen-bond donors (Lipinski definition) is 0. The number of aryl methyl sites for hydroxylation is 1. The first-order valence-electron chi connectivity index (χ1n) is 6.24. The first-order valence-corrected chi connectivity index (χ1v) is 7.03. The molecule has 1 rings (SSSR count). The molecule has 0 atom stereocenters. The van der Waals surface area contributed by atoms with Crippen LogP contribution in [0, 0.1) is 5.41 Å². The molecule has 4 heteroatoms. The molecule has 0 saturated carbocycles. The van der Waals surface area contributed by atoms with Gasteiger partial charge in [0.25, 0.3) is 0 Å². The number of carbonyl (C=O) groups is 2. The molecule has 104 valence electrons. The van der Waals surface area contributed by atoms with Crippen molar-refractivity contribution in [3.8, 4) is 0 Å². The van der Waals surface area contributed by atoms with E-state index >= 15 is 0 Å². The van der Waals surface area contributed by atoms with Crippen LogP contribution in [-0.2, 0) is 20.7 Å². The van der Waals surface area contributed by atoms with Crippen molar-refractivity contribution in [2.75, 3.05) is 7.11 Å². The number of benzene rings is 1. The lowest BCUT2D eigenvalue weighted by Gasteiger charge is -2.19. The van der Waals surface area contributed by atoms with Crippen LogP contribution in [0.1, 0.15) is 32.3 Å². The van der Waals surface area contributed by atoms with Crippen LogP contribution in [0.25, 0.3) is 0 Å². The Morgan fingerprint density at radius 3 is 2.32 bits per heavy atom. The number of Topliss-reactive ketones (excluding diaryl/α,β-unsaturated/α-hetero) is 1. The Bertz CT molecular complexity index is 449. The topological polar surface area (TPSA) is 43.4 Å². The van der Waals surface area contributed by atoms with Crippen molar-refractivity contribution in [1.82, 2.24) is 0 Å². The van der Waals surface area contributed by atoms with Crippen LogP contribution in [0.2, 0.25) is 0 Å². The highest BCUT2D eigenvalue weighted by Gasteiger charge is 2.36. The molecule has 0 fully saturated rings. The summed E-state index contributed by atoms with van der Waals surface area (Å²) in [5.74, 6) is -0.544. The summed E-state index contributed by atoms with van der Waals surface area (Å²) in [6.45, 7) is 3.22. The fraction of sp³-hybridized carbons (Fsp3) is 0.467. The summed E-state index contributed by atoms with van der Waals surface area (Å²) >= 11 is 3.38. The fourth-order valence-corrected chi connectivity index (χ4v) is 2.05. The van der Waals surface area contributed by atoms with Gasteiger partial charge in [0.15, 0.2) is 0 Å². The average Bonchev–Trinajstić information content (AvgIpc) is 2.39. The molecule has 1 aromatic carbocycles. The first kappa shape index (κ1) is 15.9. The molecule has 0 aliphatic rings. The molecule has 0 aliphatic carbocycles. The second kappa shape index (κ2) is 6.85. The number of carbonyl (C=O) groups excluding carboxylic acids is 2. The number of ether oxygens (including phenoxy) is 1. The Morgan fingerprint density at radius 1 is 1.21 bits per heavy atom. The number of esters is 1. The molecular formula is C15H19BrO3. The third-order valence-electron chi connectivity index (χ3n) is 3.18. The Hall–Kier alpha value is -1.16. The molecule has 0 heterocycles. The SMILES string of the molecule is COC(=O)C(C)(C)C(=O)CCCc1ccc(Br)cc1. The number of methoxy groups -OCH3 is 1. The first-order chi connectivity index (χ1) is 8.87. The zero-order chi connectivity index (χ0) is 14.5. The Labute approximate surface area is 122 Å². The lowest BCUT2D eigenvalue weighted by atomic mass is 9.85. The van der Waals surface area contributed by atoms with Crippen molar-refractivity contribution in [2.24, 2.45) is 5.41 Å². The third kappa shape index (κ3) is 4.46. The summed E-state index contributed by atoms with van der Waals surface area (Å²) in [4.78, 5) is 23.5. The molecule has 0 aromatic heterocycles. The van der Waals surface area contributed by atoms with Crippen LogP contribution >= 0.6 is 15.9 Å². The van der Waals surface area contributed by atoms with E-state index in [1.165, 1.54) is 12.7 Å². The van der Waals surface area contributed by atoms with E-state index in [1.54, 1.807) is 13.8 Å². The van der Waals surface area contributed by atoms with Crippen molar-refractivity contribution in [2.45, 2.75) is 33.1 Å². The predicted octanol–water partition coefficient (Wildman–Crippen LogP) is 3.54. The van der Waals surface area contributed by atoms with Gasteiger partial charge in [0, 0.05) is 10.9 Å². The number of hydrogen-bond acceptors (Lipinski definition) is 3. The zero-order valence-corrected chi connectivity index (χ0v) is 13.1. The molecule has 0 radical (unpaired) electrons. The van der Waals surface area contributed by atoms with Gasteiger partial charge in [-0.15, -0.1) is 0 Å². The molecule has 0 unspecified atom stereocenters. The summed E-state index contributed by atoms with van der Waals surface area (Å²) in [6, 6.07) is 8.02. The minimum absolute atomic E-state index is 0.0727. The van der Waals surface area contributed by atoms with Gasteiger partial charge in [0.05, 0.1) is 7.11 Å². The van der Waals surface area contributed by atoms with Crippen LogP contribution < -0.4 is 0 Å². The summed E-state index contributed by atoms with van der Waals surface area (Å²) in [5, 5.41) is 0. The van der Waals surface area contributed by atoms with Gasteiger partial charge in [0.1, 0.15) is 11.2 Å². The molecule has 19 heavy (non-hydrogen) atoms. The zero-order valence-electron chi connectivity index (χ0n) is 11.5. The van der Waals surface area contributed by atoms with E-state index in [4.69, 9.17) is 0 Å². The maximum absolute atomic E-state index is 12.0. The highest BCUT2D eigenvalue weighted by molar-refractivity contribution is 9.10. The Morgan fingerprint density at radius 2 is 1.79 bits per heavy atom. The van der Waals surface area contributed by atoms with Gasteiger partial charge < -0.3 is 4.74 Å². The van der Waals surface area contributed by atoms with Crippen LogP contribution in [0.5, 0.6) is 0 Å². The van der Waals surface area contributed by atoms with Crippen molar-refractivity contribution in [3.63, 3.8) is 0 Å². The van der Waals surface area contributed by atoms with Gasteiger partial charge in [-0.05, 0) is 44.4 Å². The smallest absolute Gasteiger partial charge is 0.318 e. The minimum Gasteiger partial charge on any atom is -0.468 e. The molecule has 1 aromatic rings. The number of rotatable bonds is 6. The van der Waals surface area contributed by atoms with Crippen LogP contribution in [-0.4, -0.2) is 18.9 Å². The number of ketones is 1. The van der Waals surface area contributed by atoms with Crippen molar-refractivity contribution >= 4 is 27.7 Å². The van der Waals surface area contributed by atoms with Crippen LogP contribution in [0.4, 0.5) is 0 Å². The van der Waals surface area contributed by atoms with Gasteiger partial charge in [-0.25, -0.2) is 0 Å².